The third kappa shape index (κ3) is 3.52. The molecule has 0 aliphatic heterocycles. The minimum Gasteiger partial charge on any atom is -0.478 e. The molecule has 1 heterocycles. The first kappa shape index (κ1) is 14.0. The van der Waals surface area contributed by atoms with Gasteiger partial charge in [-0.1, -0.05) is 12.1 Å². The number of ether oxygens (including phenoxy) is 1. The van der Waals surface area contributed by atoms with E-state index >= 15 is 0 Å². The Morgan fingerprint density at radius 1 is 1.35 bits per heavy atom. The van der Waals surface area contributed by atoms with Crippen LogP contribution in [0.3, 0.4) is 0 Å². The molecule has 0 amide bonds. The Kier molecular flexibility index (Phi) is 4.62. The monoisotopic (exact) mass is 273 g/mol. The van der Waals surface area contributed by atoms with E-state index in [0.29, 0.717) is 24.7 Å². The molecule has 6 heteroatoms. The van der Waals surface area contributed by atoms with Gasteiger partial charge >= 0.3 is 5.97 Å². The lowest BCUT2D eigenvalue weighted by molar-refractivity contribution is 0.0697. The second kappa shape index (κ2) is 6.63. The number of nitrogens with zero attached hydrogens (tertiary/aromatic N) is 2. The summed E-state index contributed by atoms with van der Waals surface area (Å²) in [6.07, 6.45) is 1.44. The van der Waals surface area contributed by atoms with Gasteiger partial charge in [-0.3, -0.25) is 0 Å². The molecular formula is C14H15N3O3. The van der Waals surface area contributed by atoms with Crippen molar-refractivity contribution in [3.05, 3.63) is 42.2 Å². The van der Waals surface area contributed by atoms with Crippen LogP contribution < -0.4 is 5.32 Å². The zero-order valence-electron chi connectivity index (χ0n) is 11.0. The van der Waals surface area contributed by atoms with Crippen LogP contribution in [0.25, 0.3) is 11.3 Å². The first-order valence-electron chi connectivity index (χ1n) is 6.09. The summed E-state index contributed by atoms with van der Waals surface area (Å²) < 4.78 is 4.95. The first-order chi connectivity index (χ1) is 9.70. The fourth-order valence-electron chi connectivity index (χ4n) is 1.70. The largest absolute Gasteiger partial charge is 0.478 e. The van der Waals surface area contributed by atoms with Gasteiger partial charge in [0.2, 0.25) is 0 Å². The molecule has 0 spiro atoms. The summed E-state index contributed by atoms with van der Waals surface area (Å²) in [7, 11) is 1.63. The maximum Gasteiger partial charge on any atom is 0.335 e. The van der Waals surface area contributed by atoms with Crippen molar-refractivity contribution in [3.63, 3.8) is 0 Å². The minimum atomic E-state index is -0.959. The van der Waals surface area contributed by atoms with Crippen LogP contribution in [-0.2, 0) is 4.74 Å². The number of hydrogen-bond donors (Lipinski definition) is 2. The van der Waals surface area contributed by atoms with Crippen LogP contribution in [0.1, 0.15) is 10.4 Å². The van der Waals surface area contributed by atoms with Gasteiger partial charge in [0.05, 0.1) is 17.9 Å². The van der Waals surface area contributed by atoms with Gasteiger partial charge in [-0.25, -0.2) is 14.8 Å². The van der Waals surface area contributed by atoms with Crippen LogP contribution in [0.4, 0.5) is 5.82 Å². The molecule has 0 saturated carbocycles. The Morgan fingerprint density at radius 2 is 2.20 bits per heavy atom. The van der Waals surface area contributed by atoms with Gasteiger partial charge in [-0.2, -0.15) is 0 Å². The van der Waals surface area contributed by atoms with Crippen molar-refractivity contribution in [1.82, 2.24) is 9.97 Å². The Balaban J connectivity index is 2.22. The van der Waals surface area contributed by atoms with Gasteiger partial charge in [0.25, 0.3) is 0 Å². The highest BCUT2D eigenvalue weighted by Crippen LogP contribution is 2.19. The number of rotatable bonds is 6. The second-order valence-electron chi connectivity index (χ2n) is 4.09. The van der Waals surface area contributed by atoms with E-state index in [1.807, 2.05) is 6.07 Å². The molecular weight excluding hydrogens is 258 g/mol. The van der Waals surface area contributed by atoms with E-state index in [1.165, 1.54) is 6.33 Å². The number of carbonyl (C=O) groups is 1. The number of anilines is 1. The predicted molar refractivity (Wildman–Crippen MR) is 74.8 cm³/mol. The molecule has 0 atom stereocenters. The molecule has 0 bridgehead atoms. The maximum absolute atomic E-state index is 11.0. The molecule has 20 heavy (non-hydrogen) atoms. The molecule has 2 aromatic rings. The van der Waals surface area contributed by atoms with Crippen molar-refractivity contribution < 1.29 is 14.6 Å². The topological polar surface area (TPSA) is 84.3 Å². The van der Waals surface area contributed by atoms with Crippen LogP contribution in [0.2, 0.25) is 0 Å². The van der Waals surface area contributed by atoms with Crippen molar-refractivity contribution in [2.45, 2.75) is 0 Å². The third-order valence-electron chi connectivity index (χ3n) is 2.68. The van der Waals surface area contributed by atoms with Crippen molar-refractivity contribution in [2.24, 2.45) is 0 Å². The summed E-state index contributed by atoms with van der Waals surface area (Å²) in [6.45, 7) is 1.22. The van der Waals surface area contributed by atoms with E-state index in [4.69, 9.17) is 9.84 Å². The number of benzene rings is 1. The van der Waals surface area contributed by atoms with E-state index in [2.05, 4.69) is 15.3 Å². The smallest absolute Gasteiger partial charge is 0.335 e. The zero-order chi connectivity index (χ0) is 14.4. The highest BCUT2D eigenvalue weighted by atomic mass is 16.5. The quantitative estimate of drug-likeness (QED) is 0.782. The summed E-state index contributed by atoms with van der Waals surface area (Å²) in [4.78, 5) is 19.2. The highest BCUT2D eigenvalue weighted by Gasteiger charge is 2.06. The molecule has 6 nitrogen and oxygen atoms in total. The molecule has 0 fully saturated rings. The normalized spacial score (nSPS) is 10.2. The molecule has 0 aliphatic rings. The van der Waals surface area contributed by atoms with Crippen LogP contribution in [-0.4, -0.2) is 41.3 Å². The predicted octanol–water partition coefficient (Wildman–Crippen LogP) is 1.90. The van der Waals surface area contributed by atoms with Gasteiger partial charge in [0, 0.05) is 25.3 Å². The van der Waals surface area contributed by atoms with Gasteiger partial charge in [0.1, 0.15) is 12.1 Å². The number of carboxylic acids is 1. The van der Waals surface area contributed by atoms with Gasteiger partial charge < -0.3 is 15.2 Å². The summed E-state index contributed by atoms with van der Waals surface area (Å²) >= 11 is 0. The summed E-state index contributed by atoms with van der Waals surface area (Å²) in [5, 5.41) is 12.1. The SMILES string of the molecule is COCCNc1cc(-c2cccc(C(=O)O)c2)ncn1. The molecule has 0 unspecified atom stereocenters. The summed E-state index contributed by atoms with van der Waals surface area (Å²) in [5.41, 5.74) is 1.64. The van der Waals surface area contributed by atoms with Crippen LogP contribution in [0, 0.1) is 0 Å². The molecule has 2 N–H and O–H groups in total. The lowest BCUT2D eigenvalue weighted by atomic mass is 10.1. The standard InChI is InChI=1S/C14H15N3O3/c1-20-6-5-15-13-8-12(16-9-17-13)10-3-2-4-11(7-10)14(18)19/h2-4,7-9H,5-6H2,1H3,(H,18,19)(H,15,16,17). The molecule has 1 aromatic heterocycles. The van der Waals surface area contributed by atoms with E-state index < -0.39 is 5.97 Å². The number of aromatic carboxylic acids is 1. The molecule has 104 valence electrons. The molecule has 0 radical (unpaired) electrons. The Bertz CT molecular complexity index is 602. The third-order valence-corrected chi connectivity index (χ3v) is 2.68. The van der Waals surface area contributed by atoms with E-state index in [9.17, 15) is 4.79 Å². The van der Waals surface area contributed by atoms with E-state index in [0.717, 1.165) is 5.56 Å². The molecule has 2 rings (SSSR count). The average Bonchev–Trinajstić information content (AvgIpc) is 2.48. The Labute approximate surface area is 116 Å². The zero-order valence-corrected chi connectivity index (χ0v) is 11.0. The Hall–Kier alpha value is -2.47. The van der Waals surface area contributed by atoms with Gasteiger partial charge in [-0.05, 0) is 12.1 Å². The van der Waals surface area contributed by atoms with Crippen molar-refractivity contribution >= 4 is 11.8 Å². The number of nitrogens with one attached hydrogen (secondary N) is 1. The Morgan fingerprint density at radius 3 is 2.95 bits per heavy atom. The fourth-order valence-corrected chi connectivity index (χ4v) is 1.70. The van der Waals surface area contributed by atoms with Crippen LogP contribution in [0.15, 0.2) is 36.7 Å². The van der Waals surface area contributed by atoms with Crippen LogP contribution in [0.5, 0.6) is 0 Å². The van der Waals surface area contributed by atoms with E-state index in [-0.39, 0.29) is 5.56 Å². The van der Waals surface area contributed by atoms with E-state index in [1.54, 1.807) is 31.4 Å². The van der Waals surface area contributed by atoms with Crippen molar-refractivity contribution in [1.29, 1.82) is 0 Å². The van der Waals surface area contributed by atoms with Crippen molar-refractivity contribution in [2.75, 3.05) is 25.6 Å². The molecule has 1 aromatic carbocycles. The summed E-state index contributed by atoms with van der Waals surface area (Å²) in [6, 6.07) is 8.41. The van der Waals surface area contributed by atoms with Gasteiger partial charge in [-0.15, -0.1) is 0 Å². The number of aromatic nitrogens is 2. The maximum atomic E-state index is 11.0. The fraction of sp³-hybridized carbons (Fsp3) is 0.214. The first-order valence-corrected chi connectivity index (χ1v) is 6.09. The number of methoxy groups -OCH3 is 1. The van der Waals surface area contributed by atoms with Crippen molar-refractivity contribution in [3.8, 4) is 11.3 Å². The second-order valence-corrected chi connectivity index (χ2v) is 4.09. The van der Waals surface area contributed by atoms with Crippen LogP contribution >= 0.6 is 0 Å². The lowest BCUT2D eigenvalue weighted by Crippen LogP contribution is -2.09. The number of carboxylic acid groups (broad SMARTS) is 1. The highest BCUT2D eigenvalue weighted by molar-refractivity contribution is 5.89. The van der Waals surface area contributed by atoms with Gasteiger partial charge in [0.15, 0.2) is 0 Å². The molecule has 0 aliphatic carbocycles. The number of hydrogen-bond acceptors (Lipinski definition) is 5. The average molecular weight is 273 g/mol. The minimum absolute atomic E-state index is 0.231. The lowest BCUT2D eigenvalue weighted by Gasteiger charge is -2.07. The molecule has 0 saturated heterocycles. The summed E-state index contributed by atoms with van der Waals surface area (Å²) in [5.74, 6) is -0.285.